The second-order valence-electron chi connectivity index (χ2n) is 4.93. The molecule has 0 aliphatic carbocycles. The number of hydrogen-bond donors (Lipinski definition) is 1. The summed E-state index contributed by atoms with van der Waals surface area (Å²) < 4.78 is 0. The van der Waals surface area contributed by atoms with Gasteiger partial charge in [0, 0.05) is 30.6 Å². The van der Waals surface area contributed by atoms with Crippen LogP contribution < -0.4 is 10.2 Å². The predicted molar refractivity (Wildman–Crippen MR) is 94.2 cm³/mol. The molecule has 0 aliphatic rings. The van der Waals surface area contributed by atoms with Crippen molar-refractivity contribution in [1.29, 1.82) is 0 Å². The minimum atomic E-state index is -0.207. The molecule has 0 heterocycles. The number of nitrogens with one attached hydrogen (secondary N) is 1. The first kappa shape index (κ1) is 17.3. The fourth-order valence-corrected chi connectivity index (χ4v) is 2.48. The summed E-state index contributed by atoms with van der Waals surface area (Å²) in [5.74, 6) is -0.387. The van der Waals surface area contributed by atoms with Crippen LogP contribution >= 0.6 is 23.2 Å². The predicted octanol–water partition coefficient (Wildman–Crippen LogP) is 4.38. The molecule has 0 aromatic heterocycles. The molecule has 4 nitrogen and oxygen atoms in total. The van der Waals surface area contributed by atoms with Crippen LogP contribution in [-0.2, 0) is 9.59 Å². The average molecular weight is 351 g/mol. The number of benzene rings is 2. The van der Waals surface area contributed by atoms with Crippen LogP contribution in [0.25, 0.3) is 0 Å². The Morgan fingerprint density at radius 2 is 1.78 bits per heavy atom. The second kappa shape index (κ2) is 7.99. The van der Waals surface area contributed by atoms with Gasteiger partial charge >= 0.3 is 0 Å². The van der Waals surface area contributed by atoms with Crippen molar-refractivity contribution in [2.24, 2.45) is 0 Å². The Kier molecular flexibility index (Phi) is 6.02. The number of para-hydroxylation sites is 1. The monoisotopic (exact) mass is 350 g/mol. The van der Waals surface area contributed by atoms with Crippen LogP contribution in [-0.4, -0.2) is 18.4 Å². The van der Waals surface area contributed by atoms with Crippen molar-refractivity contribution in [2.45, 2.75) is 13.3 Å². The van der Waals surface area contributed by atoms with Gasteiger partial charge < -0.3 is 10.2 Å². The van der Waals surface area contributed by atoms with Crippen LogP contribution in [0.5, 0.6) is 0 Å². The van der Waals surface area contributed by atoms with Crippen molar-refractivity contribution < 1.29 is 9.59 Å². The lowest BCUT2D eigenvalue weighted by molar-refractivity contribution is -0.117. The van der Waals surface area contributed by atoms with Crippen LogP contribution in [0.2, 0.25) is 10.0 Å². The molecule has 0 bridgehead atoms. The summed E-state index contributed by atoms with van der Waals surface area (Å²) in [6.45, 7) is 1.64. The van der Waals surface area contributed by atoms with E-state index in [0.29, 0.717) is 21.4 Å². The van der Waals surface area contributed by atoms with E-state index in [1.807, 2.05) is 18.2 Å². The molecule has 6 heteroatoms. The Balaban J connectivity index is 2.04. The van der Waals surface area contributed by atoms with E-state index in [2.05, 4.69) is 5.32 Å². The van der Waals surface area contributed by atoms with Crippen molar-refractivity contribution in [2.75, 3.05) is 16.8 Å². The van der Waals surface area contributed by atoms with Crippen LogP contribution in [0.4, 0.5) is 11.4 Å². The number of carbonyl (C=O) groups excluding carboxylic acids is 2. The Morgan fingerprint density at radius 3 is 2.43 bits per heavy atom. The largest absolute Gasteiger partial charge is 0.326 e. The molecule has 120 valence electrons. The zero-order valence-electron chi connectivity index (χ0n) is 12.6. The SMILES string of the molecule is CC(=O)N(CCC(=O)Nc1ccccc1)c1cc(Cl)ccc1Cl. The van der Waals surface area contributed by atoms with E-state index in [1.54, 1.807) is 30.3 Å². The highest BCUT2D eigenvalue weighted by Gasteiger charge is 2.16. The molecule has 2 aromatic carbocycles. The zero-order chi connectivity index (χ0) is 16.8. The summed E-state index contributed by atoms with van der Waals surface area (Å²) in [5, 5.41) is 3.66. The fraction of sp³-hybridized carbons (Fsp3) is 0.176. The van der Waals surface area contributed by atoms with Crippen molar-refractivity contribution in [3.63, 3.8) is 0 Å². The molecule has 0 spiro atoms. The number of hydrogen-bond acceptors (Lipinski definition) is 2. The minimum absolute atomic E-state index is 0.150. The van der Waals surface area contributed by atoms with Crippen LogP contribution in [0.3, 0.4) is 0 Å². The highest BCUT2D eigenvalue weighted by atomic mass is 35.5. The molecule has 23 heavy (non-hydrogen) atoms. The number of nitrogens with zero attached hydrogens (tertiary/aromatic N) is 1. The minimum Gasteiger partial charge on any atom is -0.326 e. The van der Waals surface area contributed by atoms with Gasteiger partial charge in [0.05, 0.1) is 10.7 Å². The lowest BCUT2D eigenvalue weighted by atomic mass is 10.2. The first-order chi connectivity index (χ1) is 11.0. The molecular formula is C17H16Cl2N2O2. The molecule has 0 saturated heterocycles. The van der Waals surface area contributed by atoms with Crippen LogP contribution in [0.1, 0.15) is 13.3 Å². The second-order valence-corrected chi connectivity index (χ2v) is 5.77. The number of amides is 2. The lowest BCUT2D eigenvalue weighted by Crippen LogP contribution is -2.32. The third-order valence-electron chi connectivity index (χ3n) is 3.20. The zero-order valence-corrected chi connectivity index (χ0v) is 14.1. The topological polar surface area (TPSA) is 49.4 Å². The number of halogens is 2. The summed E-state index contributed by atoms with van der Waals surface area (Å²) >= 11 is 12.1. The third-order valence-corrected chi connectivity index (χ3v) is 3.75. The Morgan fingerprint density at radius 1 is 1.09 bits per heavy atom. The summed E-state index contributed by atoms with van der Waals surface area (Å²) in [7, 11) is 0. The van der Waals surface area contributed by atoms with Gasteiger partial charge in [-0.05, 0) is 30.3 Å². The standard InChI is InChI=1S/C17H16Cl2N2O2/c1-12(22)21(16-11-13(18)7-8-15(16)19)10-9-17(23)20-14-5-3-2-4-6-14/h2-8,11H,9-10H2,1H3,(H,20,23). The van der Waals surface area contributed by atoms with Gasteiger partial charge in [0.2, 0.25) is 11.8 Å². The molecule has 2 amide bonds. The van der Waals surface area contributed by atoms with Gasteiger partial charge in [-0.15, -0.1) is 0 Å². The van der Waals surface area contributed by atoms with Crippen molar-refractivity contribution >= 4 is 46.4 Å². The smallest absolute Gasteiger partial charge is 0.226 e. The fourth-order valence-electron chi connectivity index (χ4n) is 2.10. The molecule has 0 fully saturated rings. The highest BCUT2D eigenvalue weighted by molar-refractivity contribution is 6.35. The molecule has 0 unspecified atom stereocenters. The molecule has 2 rings (SSSR count). The maximum absolute atomic E-state index is 12.0. The maximum atomic E-state index is 12.0. The van der Waals surface area contributed by atoms with Crippen LogP contribution in [0, 0.1) is 0 Å². The summed E-state index contributed by atoms with van der Waals surface area (Å²) in [5.41, 5.74) is 1.21. The van der Waals surface area contributed by atoms with Crippen molar-refractivity contribution in [3.05, 3.63) is 58.6 Å². The van der Waals surface area contributed by atoms with Crippen molar-refractivity contribution in [1.82, 2.24) is 0 Å². The van der Waals surface area contributed by atoms with E-state index in [0.717, 1.165) is 0 Å². The van der Waals surface area contributed by atoms with Crippen LogP contribution in [0.15, 0.2) is 48.5 Å². The first-order valence-corrected chi connectivity index (χ1v) is 7.81. The number of carbonyl (C=O) groups is 2. The van der Waals surface area contributed by atoms with Gasteiger partial charge in [-0.2, -0.15) is 0 Å². The summed E-state index contributed by atoms with van der Waals surface area (Å²) in [4.78, 5) is 25.3. The molecule has 0 aliphatic heterocycles. The Labute approximate surface area is 145 Å². The third kappa shape index (κ3) is 4.98. The number of rotatable bonds is 5. The van der Waals surface area contributed by atoms with E-state index < -0.39 is 0 Å². The molecule has 1 N–H and O–H groups in total. The van der Waals surface area contributed by atoms with Gasteiger partial charge in [0.25, 0.3) is 0 Å². The Hall–Kier alpha value is -2.04. The van der Waals surface area contributed by atoms with Gasteiger partial charge in [0.15, 0.2) is 0 Å². The van der Waals surface area contributed by atoms with E-state index in [1.165, 1.54) is 11.8 Å². The molecular weight excluding hydrogens is 335 g/mol. The lowest BCUT2D eigenvalue weighted by Gasteiger charge is -2.22. The van der Waals surface area contributed by atoms with E-state index in [9.17, 15) is 9.59 Å². The molecule has 0 atom stereocenters. The van der Waals surface area contributed by atoms with E-state index in [-0.39, 0.29) is 24.8 Å². The van der Waals surface area contributed by atoms with Gasteiger partial charge in [-0.3, -0.25) is 9.59 Å². The molecule has 2 aromatic rings. The molecule has 0 radical (unpaired) electrons. The summed E-state index contributed by atoms with van der Waals surface area (Å²) in [6, 6.07) is 14.0. The van der Waals surface area contributed by atoms with Gasteiger partial charge in [0.1, 0.15) is 0 Å². The molecule has 0 saturated carbocycles. The average Bonchev–Trinajstić information content (AvgIpc) is 2.51. The van der Waals surface area contributed by atoms with Gasteiger partial charge in [-0.1, -0.05) is 41.4 Å². The normalized spacial score (nSPS) is 10.2. The summed E-state index contributed by atoms with van der Waals surface area (Å²) in [6.07, 6.45) is 0.150. The van der Waals surface area contributed by atoms with Gasteiger partial charge in [-0.25, -0.2) is 0 Å². The maximum Gasteiger partial charge on any atom is 0.226 e. The highest BCUT2D eigenvalue weighted by Crippen LogP contribution is 2.29. The van der Waals surface area contributed by atoms with E-state index in [4.69, 9.17) is 23.2 Å². The van der Waals surface area contributed by atoms with E-state index >= 15 is 0 Å². The Bertz CT molecular complexity index is 705. The number of anilines is 2. The quantitative estimate of drug-likeness (QED) is 0.869. The first-order valence-electron chi connectivity index (χ1n) is 7.05. The van der Waals surface area contributed by atoms with Crippen molar-refractivity contribution in [3.8, 4) is 0 Å².